The van der Waals surface area contributed by atoms with E-state index in [4.69, 9.17) is 0 Å². The number of hydrogen-bond acceptors (Lipinski definition) is 5. The maximum absolute atomic E-state index is 13.1. The fourth-order valence-electron chi connectivity index (χ4n) is 4.42. The molecule has 2 amide bonds. The number of benzene rings is 2. The molecule has 0 spiro atoms. The molecule has 0 unspecified atom stereocenters. The molecule has 0 aromatic heterocycles. The van der Waals surface area contributed by atoms with Crippen LogP contribution in [0.25, 0.3) is 0 Å². The van der Waals surface area contributed by atoms with Gasteiger partial charge in [0.2, 0.25) is 15.9 Å². The Bertz CT molecular complexity index is 1120. The third-order valence-corrected chi connectivity index (χ3v) is 8.05. The lowest BCUT2D eigenvalue weighted by Crippen LogP contribution is -2.51. The molecular formula is C25H32N4O4S. The average Bonchev–Trinajstić information content (AvgIpc) is 3.39. The monoisotopic (exact) mass is 484 g/mol. The Kier molecular flexibility index (Phi) is 7.65. The number of aryl methyl sites for hydroxylation is 1. The molecular weight excluding hydrogens is 452 g/mol. The summed E-state index contributed by atoms with van der Waals surface area (Å²) in [5.74, 6) is -0.0290. The van der Waals surface area contributed by atoms with Crippen LogP contribution in [-0.2, 0) is 21.4 Å². The van der Waals surface area contributed by atoms with Gasteiger partial charge in [-0.1, -0.05) is 36.4 Å². The van der Waals surface area contributed by atoms with E-state index in [0.29, 0.717) is 43.9 Å². The van der Waals surface area contributed by atoms with Crippen LogP contribution in [-0.4, -0.2) is 80.7 Å². The predicted octanol–water partition coefficient (Wildman–Crippen LogP) is 1.85. The summed E-state index contributed by atoms with van der Waals surface area (Å²) in [7, 11) is -3.78. The van der Waals surface area contributed by atoms with Crippen LogP contribution >= 0.6 is 0 Å². The largest absolute Gasteiger partial charge is 0.342 e. The van der Waals surface area contributed by atoms with Crippen LogP contribution in [0.4, 0.5) is 0 Å². The summed E-state index contributed by atoms with van der Waals surface area (Å²) in [4.78, 5) is 31.4. The van der Waals surface area contributed by atoms with Gasteiger partial charge in [0.05, 0.1) is 11.4 Å². The van der Waals surface area contributed by atoms with E-state index < -0.39 is 10.0 Å². The van der Waals surface area contributed by atoms with Crippen molar-refractivity contribution >= 4 is 21.8 Å². The van der Waals surface area contributed by atoms with Crippen LogP contribution in [0.5, 0.6) is 0 Å². The van der Waals surface area contributed by atoms with Gasteiger partial charge in [-0.25, -0.2) is 13.1 Å². The maximum Gasteiger partial charge on any atom is 0.253 e. The number of likely N-dealkylation sites (tertiary alicyclic amines) is 1. The van der Waals surface area contributed by atoms with Crippen molar-refractivity contribution in [2.45, 2.75) is 31.2 Å². The van der Waals surface area contributed by atoms with E-state index in [-0.39, 0.29) is 23.3 Å². The van der Waals surface area contributed by atoms with Gasteiger partial charge in [-0.3, -0.25) is 14.5 Å². The predicted molar refractivity (Wildman–Crippen MR) is 130 cm³/mol. The second kappa shape index (κ2) is 10.7. The van der Waals surface area contributed by atoms with Crippen LogP contribution in [0.3, 0.4) is 0 Å². The smallest absolute Gasteiger partial charge is 0.253 e. The lowest BCUT2D eigenvalue weighted by atomic mass is 10.1. The van der Waals surface area contributed by atoms with E-state index >= 15 is 0 Å². The fourth-order valence-corrected chi connectivity index (χ4v) is 5.71. The molecule has 182 valence electrons. The molecule has 9 heteroatoms. The molecule has 0 atom stereocenters. The Morgan fingerprint density at radius 2 is 1.56 bits per heavy atom. The first-order chi connectivity index (χ1) is 16.3. The van der Waals surface area contributed by atoms with Crippen molar-refractivity contribution in [1.29, 1.82) is 0 Å². The summed E-state index contributed by atoms with van der Waals surface area (Å²) >= 11 is 0. The summed E-state index contributed by atoms with van der Waals surface area (Å²) in [5.41, 5.74) is 1.80. The highest BCUT2D eigenvalue weighted by Gasteiger charge is 2.27. The van der Waals surface area contributed by atoms with Gasteiger partial charge in [0.1, 0.15) is 0 Å². The number of sulfonamides is 1. The van der Waals surface area contributed by atoms with Crippen molar-refractivity contribution in [1.82, 2.24) is 19.4 Å². The number of carbonyl (C=O) groups is 2. The third kappa shape index (κ3) is 5.84. The standard InChI is InChI=1S/C25H32N4O4S/c1-20-9-10-22(17-23(20)34(32,33)26-18-21-7-3-2-4-8-21)25(31)29-15-13-27(14-16-29)19-24(30)28-11-5-6-12-28/h2-4,7-10,17,26H,5-6,11-16,18-19H2,1H3. The van der Waals surface area contributed by atoms with Gasteiger partial charge in [-0.2, -0.15) is 0 Å². The Morgan fingerprint density at radius 3 is 2.24 bits per heavy atom. The molecule has 0 radical (unpaired) electrons. The molecule has 4 rings (SSSR count). The number of nitrogens with one attached hydrogen (secondary N) is 1. The number of carbonyl (C=O) groups excluding carboxylic acids is 2. The molecule has 2 aliphatic rings. The lowest BCUT2D eigenvalue weighted by Gasteiger charge is -2.35. The quantitative estimate of drug-likeness (QED) is 0.648. The Hall–Kier alpha value is -2.75. The van der Waals surface area contributed by atoms with Gasteiger partial charge in [0.25, 0.3) is 5.91 Å². The molecule has 2 heterocycles. The van der Waals surface area contributed by atoms with Crippen molar-refractivity contribution in [2.75, 3.05) is 45.8 Å². The van der Waals surface area contributed by atoms with Gasteiger partial charge in [-0.15, -0.1) is 0 Å². The number of nitrogens with zero attached hydrogens (tertiary/aromatic N) is 3. The Morgan fingerprint density at radius 1 is 0.882 bits per heavy atom. The van der Waals surface area contributed by atoms with Crippen LogP contribution < -0.4 is 4.72 Å². The topological polar surface area (TPSA) is 90.0 Å². The van der Waals surface area contributed by atoms with Crippen LogP contribution in [0.2, 0.25) is 0 Å². The maximum atomic E-state index is 13.1. The molecule has 2 aliphatic heterocycles. The number of piperazine rings is 1. The highest BCUT2D eigenvalue weighted by molar-refractivity contribution is 7.89. The highest BCUT2D eigenvalue weighted by Crippen LogP contribution is 2.20. The van der Waals surface area contributed by atoms with Gasteiger partial charge in [0, 0.05) is 51.4 Å². The summed E-state index contributed by atoms with van der Waals surface area (Å²) in [6.45, 7) is 6.25. The summed E-state index contributed by atoms with van der Waals surface area (Å²) in [6.07, 6.45) is 2.15. The lowest BCUT2D eigenvalue weighted by molar-refractivity contribution is -0.131. The minimum absolute atomic E-state index is 0.115. The van der Waals surface area contributed by atoms with Gasteiger partial charge in [0.15, 0.2) is 0 Å². The minimum atomic E-state index is -3.78. The SMILES string of the molecule is Cc1ccc(C(=O)N2CCN(CC(=O)N3CCCC3)CC2)cc1S(=O)(=O)NCc1ccccc1. The first-order valence-electron chi connectivity index (χ1n) is 11.8. The molecule has 2 aromatic rings. The van der Waals surface area contributed by atoms with Crippen molar-refractivity contribution < 1.29 is 18.0 Å². The molecule has 0 bridgehead atoms. The molecule has 0 aliphatic carbocycles. The second-order valence-electron chi connectivity index (χ2n) is 8.95. The van der Waals surface area contributed by atoms with Crippen molar-refractivity contribution in [3.8, 4) is 0 Å². The number of hydrogen-bond donors (Lipinski definition) is 1. The molecule has 1 N–H and O–H groups in total. The molecule has 8 nitrogen and oxygen atoms in total. The van der Waals surface area contributed by atoms with Crippen molar-refractivity contribution in [3.05, 3.63) is 65.2 Å². The van der Waals surface area contributed by atoms with E-state index in [1.165, 1.54) is 6.07 Å². The first-order valence-corrected chi connectivity index (χ1v) is 13.3. The fraction of sp³-hybridized carbons (Fsp3) is 0.440. The van der Waals surface area contributed by atoms with Crippen LogP contribution in [0, 0.1) is 6.92 Å². The third-order valence-electron chi connectivity index (χ3n) is 6.51. The zero-order chi connectivity index (χ0) is 24.1. The molecule has 2 aromatic carbocycles. The van der Waals surface area contributed by atoms with Crippen molar-refractivity contribution in [2.24, 2.45) is 0 Å². The molecule has 34 heavy (non-hydrogen) atoms. The van der Waals surface area contributed by atoms with Gasteiger partial charge in [-0.05, 0) is 43.0 Å². The number of rotatable bonds is 7. The highest BCUT2D eigenvalue weighted by atomic mass is 32.2. The first kappa shape index (κ1) is 24.4. The second-order valence-corrected chi connectivity index (χ2v) is 10.7. The normalized spacial score (nSPS) is 17.2. The average molecular weight is 485 g/mol. The number of amides is 2. The molecule has 0 saturated carbocycles. The van der Waals surface area contributed by atoms with Crippen LogP contribution in [0.1, 0.15) is 34.3 Å². The zero-order valence-corrected chi connectivity index (χ0v) is 20.4. The summed E-state index contributed by atoms with van der Waals surface area (Å²) in [6, 6.07) is 14.1. The molecule has 2 saturated heterocycles. The summed E-state index contributed by atoms with van der Waals surface area (Å²) < 4.78 is 28.5. The van der Waals surface area contributed by atoms with Gasteiger partial charge >= 0.3 is 0 Å². The van der Waals surface area contributed by atoms with Gasteiger partial charge < -0.3 is 9.80 Å². The van der Waals surface area contributed by atoms with E-state index in [9.17, 15) is 18.0 Å². The van der Waals surface area contributed by atoms with Crippen LogP contribution in [0.15, 0.2) is 53.4 Å². The van der Waals surface area contributed by atoms with E-state index in [2.05, 4.69) is 9.62 Å². The Labute approximate surface area is 201 Å². The van der Waals surface area contributed by atoms with E-state index in [1.807, 2.05) is 35.2 Å². The minimum Gasteiger partial charge on any atom is -0.342 e. The van der Waals surface area contributed by atoms with E-state index in [1.54, 1.807) is 24.0 Å². The zero-order valence-electron chi connectivity index (χ0n) is 19.6. The van der Waals surface area contributed by atoms with E-state index in [0.717, 1.165) is 31.5 Å². The summed E-state index contributed by atoms with van der Waals surface area (Å²) in [5, 5.41) is 0. The molecule has 2 fully saturated rings. The Balaban J connectivity index is 1.37. The van der Waals surface area contributed by atoms with Crippen molar-refractivity contribution in [3.63, 3.8) is 0 Å².